The second kappa shape index (κ2) is 7.35. The number of para-hydroxylation sites is 1. The van der Waals surface area contributed by atoms with Crippen LogP contribution in [-0.4, -0.2) is 30.6 Å². The number of unbranched alkanes of at least 4 members (excludes halogenated alkanes) is 1. The molecule has 0 spiro atoms. The van der Waals surface area contributed by atoms with Crippen molar-refractivity contribution in [2.45, 2.75) is 31.1 Å². The van der Waals surface area contributed by atoms with E-state index in [9.17, 15) is 14.7 Å². The van der Waals surface area contributed by atoms with Crippen molar-refractivity contribution in [3.63, 3.8) is 0 Å². The summed E-state index contributed by atoms with van der Waals surface area (Å²) in [6, 6.07) is 7.56. The van der Waals surface area contributed by atoms with E-state index in [1.165, 1.54) is 18.9 Å². The van der Waals surface area contributed by atoms with Gasteiger partial charge in [-0.05, 0) is 18.6 Å². The average Bonchev–Trinajstić information content (AvgIpc) is 2.53. The summed E-state index contributed by atoms with van der Waals surface area (Å²) in [5, 5.41) is 10.1. The third kappa shape index (κ3) is 3.44. The van der Waals surface area contributed by atoms with E-state index in [-0.39, 0.29) is 23.0 Å². The Kier molecular flexibility index (Phi) is 5.49. The fourth-order valence-electron chi connectivity index (χ4n) is 2.16. The summed E-state index contributed by atoms with van der Waals surface area (Å²) < 4.78 is 4.54. The van der Waals surface area contributed by atoms with Crippen LogP contribution in [0.5, 0.6) is 0 Å². The van der Waals surface area contributed by atoms with Crippen molar-refractivity contribution in [1.29, 1.82) is 0 Å². The molecule has 1 N–H and O–H groups in total. The van der Waals surface area contributed by atoms with Gasteiger partial charge in [-0.15, -0.1) is 0 Å². The van der Waals surface area contributed by atoms with Gasteiger partial charge in [-0.3, -0.25) is 9.59 Å². The molecule has 1 aliphatic rings. The van der Waals surface area contributed by atoms with Crippen LogP contribution in [0, 0.1) is 0 Å². The maximum absolute atomic E-state index is 12.6. The number of aliphatic hydroxyl groups is 1. The molecule has 118 valence electrons. The summed E-state index contributed by atoms with van der Waals surface area (Å²) >= 11 is 1.19. The summed E-state index contributed by atoms with van der Waals surface area (Å²) in [5.74, 6) is -1.08. The van der Waals surface area contributed by atoms with Gasteiger partial charge in [-0.25, -0.2) is 0 Å². The lowest BCUT2D eigenvalue weighted by atomic mass is 10.2. The first-order chi connectivity index (χ1) is 10.6. The van der Waals surface area contributed by atoms with Crippen molar-refractivity contribution in [1.82, 2.24) is 0 Å². The number of amides is 1. The van der Waals surface area contributed by atoms with Gasteiger partial charge in [0.15, 0.2) is 0 Å². The molecule has 1 amide bonds. The first-order valence-corrected chi connectivity index (χ1v) is 7.97. The van der Waals surface area contributed by atoms with Crippen molar-refractivity contribution >= 4 is 29.3 Å². The SMILES string of the molecule is CCCCN1C(=O)/C(=C(\O)CC(=O)OC)Sc2ccccc21. The summed E-state index contributed by atoms with van der Waals surface area (Å²) in [6.45, 7) is 2.64. The number of carbonyl (C=O) groups excluding carboxylic acids is 2. The first-order valence-electron chi connectivity index (χ1n) is 7.16. The molecule has 2 rings (SSSR count). The molecule has 1 heterocycles. The number of esters is 1. The molecule has 0 atom stereocenters. The Morgan fingerprint density at radius 2 is 2.09 bits per heavy atom. The molecule has 22 heavy (non-hydrogen) atoms. The van der Waals surface area contributed by atoms with Gasteiger partial charge in [0.2, 0.25) is 0 Å². The molecule has 0 saturated carbocycles. The Morgan fingerprint density at radius 3 is 2.77 bits per heavy atom. The Balaban J connectivity index is 2.37. The van der Waals surface area contributed by atoms with Crippen LogP contribution in [0.2, 0.25) is 0 Å². The number of thioether (sulfide) groups is 1. The van der Waals surface area contributed by atoms with E-state index in [0.29, 0.717) is 6.54 Å². The highest BCUT2D eigenvalue weighted by molar-refractivity contribution is 8.04. The van der Waals surface area contributed by atoms with Gasteiger partial charge in [-0.1, -0.05) is 37.2 Å². The zero-order chi connectivity index (χ0) is 16.1. The van der Waals surface area contributed by atoms with Crippen LogP contribution in [0.3, 0.4) is 0 Å². The van der Waals surface area contributed by atoms with Crippen LogP contribution in [0.1, 0.15) is 26.2 Å². The Hall–Kier alpha value is -1.95. The number of nitrogens with zero attached hydrogens (tertiary/aromatic N) is 1. The lowest BCUT2D eigenvalue weighted by molar-refractivity contribution is -0.140. The predicted molar refractivity (Wildman–Crippen MR) is 85.8 cm³/mol. The van der Waals surface area contributed by atoms with Crippen LogP contribution >= 0.6 is 11.8 Å². The summed E-state index contributed by atoms with van der Waals surface area (Å²) in [6.07, 6.45) is 1.54. The van der Waals surface area contributed by atoms with Crippen LogP contribution in [0.15, 0.2) is 39.8 Å². The van der Waals surface area contributed by atoms with Crippen molar-refractivity contribution in [2.75, 3.05) is 18.6 Å². The van der Waals surface area contributed by atoms with E-state index in [0.717, 1.165) is 23.4 Å². The van der Waals surface area contributed by atoms with Gasteiger partial charge in [0.1, 0.15) is 17.1 Å². The average molecular weight is 321 g/mol. The van der Waals surface area contributed by atoms with E-state index in [4.69, 9.17) is 0 Å². The minimum atomic E-state index is -0.572. The number of hydrogen-bond acceptors (Lipinski definition) is 5. The molecule has 6 heteroatoms. The quantitative estimate of drug-likeness (QED) is 0.512. The third-order valence-electron chi connectivity index (χ3n) is 3.34. The van der Waals surface area contributed by atoms with Gasteiger partial charge < -0.3 is 14.7 Å². The number of aliphatic hydroxyl groups excluding tert-OH is 1. The summed E-state index contributed by atoms with van der Waals surface area (Å²) in [4.78, 5) is 26.7. The fraction of sp³-hybridized carbons (Fsp3) is 0.375. The van der Waals surface area contributed by atoms with Crippen molar-refractivity contribution in [3.8, 4) is 0 Å². The standard InChI is InChI=1S/C16H19NO4S/c1-3-4-9-17-11-7-5-6-8-13(11)22-15(16(17)20)12(18)10-14(19)21-2/h5-8,18H,3-4,9-10H2,1-2H3/b15-12+. The smallest absolute Gasteiger partial charge is 0.313 e. The number of anilines is 1. The van der Waals surface area contributed by atoms with E-state index in [1.54, 1.807) is 4.90 Å². The number of hydrogen-bond donors (Lipinski definition) is 1. The van der Waals surface area contributed by atoms with Crippen LogP contribution in [0.25, 0.3) is 0 Å². The van der Waals surface area contributed by atoms with Gasteiger partial charge in [0, 0.05) is 11.4 Å². The van der Waals surface area contributed by atoms with Crippen molar-refractivity contribution in [3.05, 3.63) is 34.9 Å². The molecule has 5 nitrogen and oxygen atoms in total. The molecule has 1 aromatic carbocycles. The number of methoxy groups -OCH3 is 1. The van der Waals surface area contributed by atoms with E-state index in [1.807, 2.05) is 24.3 Å². The minimum absolute atomic E-state index is 0.195. The Morgan fingerprint density at radius 1 is 1.36 bits per heavy atom. The molecule has 0 unspecified atom stereocenters. The van der Waals surface area contributed by atoms with Crippen LogP contribution in [0.4, 0.5) is 5.69 Å². The molecule has 0 aromatic heterocycles. The topological polar surface area (TPSA) is 66.8 Å². The van der Waals surface area contributed by atoms with Gasteiger partial charge in [0.25, 0.3) is 5.91 Å². The molecule has 1 aliphatic heterocycles. The minimum Gasteiger partial charge on any atom is -0.510 e. The van der Waals surface area contributed by atoms with E-state index < -0.39 is 5.97 Å². The molecule has 0 radical (unpaired) electrons. The highest BCUT2D eigenvalue weighted by atomic mass is 32.2. The second-order valence-electron chi connectivity index (χ2n) is 4.91. The molecule has 0 bridgehead atoms. The van der Waals surface area contributed by atoms with Gasteiger partial charge in [-0.2, -0.15) is 0 Å². The number of fused-ring (bicyclic) bond motifs is 1. The molecular formula is C16H19NO4S. The Bertz CT molecular complexity index is 612. The number of carbonyl (C=O) groups is 2. The number of benzene rings is 1. The molecule has 1 aromatic rings. The molecule has 0 aliphatic carbocycles. The lowest BCUT2D eigenvalue weighted by Crippen LogP contribution is -2.35. The van der Waals surface area contributed by atoms with Crippen LogP contribution in [-0.2, 0) is 14.3 Å². The van der Waals surface area contributed by atoms with Crippen molar-refractivity contribution in [2.24, 2.45) is 0 Å². The molecular weight excluding hydrogens is 302 g/mol. The fourth-order valence-corrected chi connectivity index (χ4v) is 3.20. The van der Waals surface area contributed by atoms with Crippen molar-refractivity contribution < 1.29 is 19.4 Å². The van der Waals surface area contributed by atoms with Crippen LogP contribution < -0.4 is 4.90 Å². The highest BCUT2D eigenvalue weighted by Crippen LogP contribution is 2.42. The molecule has 0 saturated heterocycles. The molecule has 0 fully saturated rings. The zero-order valence-electron chi connectivity index (χ0n) is 12.7. The second-order valence-corrected chi connectivity index (χ2v) is 5.96. The summed E-state index contributed by atoms with van der Waals surface area (Å²) in [5.41, 5.74) is 0.848. The summed E-state index contributed by atoms with van der Waals surface area (Å²) in [7, 11) is 1.25. The van der Waals surface area contributed by atoms with E-state index >= 15 is 0 Å². The normalized spacial score (nSPS) is 16.3. The third-order valence-corrected chi connectivity index (χ3v) is 4.52. The highest BCUT2D eigenvalue weighted by Gasteiger charge is 2.31. The van der Waals surface area contributed by atoms with Gasteiger partial charge >= 0.3 is 5.97 Å². The van der Waals surface area contributed by atoms with Gasteiger partial charge in [0.05, 0.1) is 12.8 Å². The predicted octanol–water partition coefficient (Wildman–Crippen LogP) is 3.26. The largest absolute Gasteiger partial charge is 0.510 e. The maximum Gasteiger partial charge on any atom is 0.313 e. The maximum atomic E-state index is 12.6. The number of ether oxygens (including phenoxy) is 1. The Labute approximate surface area is 133 Å². The first kappa shape index (κ1) is 16.4. The van der Waals surface area contributed by atoms with E-state index in [2.05, 4.69) is 11.7 Å². The zero-order valence-corrected chi connectivity index (χ0v) is 13.5. The monoisotopic (exact) mass is 321 g/mol. The number of rotatable bonds is 5. The lowest BCUT2D eigenvalue weighted by Gasteiger charge is -2.30.